The first kappa shape index (κ1) is 101. The van der Waals surface area contributed by atoms with Crippen molar-refractivity contribution in [3.63, 3.8) is 0 Å². The van der Waals surface area contributed by atoms with Gasteiger partial charge in [-0.1, -0.05) is 395 Å². The molecule has 0 aliphatic heterocycles. The minimum Gasteiger partial charge on any atom is -0.462 e. The van der Waals surface area contributed by atoms with Crippen LogP contribution in [0.5, 0.6) is 0 Å². The molecular formula is C84H164O17P2. The molecular weight excluding hydrogens is 1340 g/mol. The summed E-state index contributed by atoms with van der Waals surface area (Å²) in [7, 11) is -9.92. The monoisotopic (exact) mass is 1510 g/mol. The Morgan fingerprint density at radius 1 is 0.282 bits per heavy atom. The largest absolute Gasteiger partial charge is 0.472 e. The van der Waals surface area contributed by atoms with Crippen molar-refractivity contribution in [3.8, 4) is 0 Å². The Morgan fingerprint density at radius 2 is 0.495 bits per heavy atom. The number of carbonyl (C=O) groups is 4. The summed E-state index contributed by atoms with van der Waals surface area (Å²) in [6.07, 6.45) is 66.5. The van der Waals surface area contributed by atoms with Crippen molar-refractivity contribution in [2.75, 3.05) is 39.6 Å². The van der Waals surface area contributed by atoms with Gasteiger partial charge in [0.15, 0.2) is 12.2 Å². The predicted octanol–water partition coefficient (Wildman–Crippen LogP) is 25.5. The lowest BCUT2D eigenvalue weighted by Crippen LogP contribution is -2.30. The van der Waals surface area contributed by atoms with Gasteiger partial charge in [0.1, 0.15) is 19.3 Å². The number of hydrogen-bond acceptors (Lipinski definition) is 15. The van der Waals surface area contributed by atoms with Crippen molar-refractivity contribution in [1.82, 2.24) is 0 Å². The van der Waals surface area contributed by atoms with Crippen molar-refractivity contribution in [3.05, 3.63) is 0 Å². The second-order valence-electron chi connectivity index (χ2n) is 30.9. The van der Waals surface area contributed by atoms with E-state index >= 15 is 0 Å². The van der Waals surface area contributed by atoms with E-state index in [9.17, 15) is 43.2 Å². The van der Waals surface area contributed by atoms with E-state index in [1.54, 1.807) is 0 Å². The lowest BCUT2D eigenvalue weighted by Gasteiger charge is -2.21. The molecule has 0 spiro atoms. The average molecular weight is 1510 g/mol. The Morgan fingerprint density at radius 3 is 0.738 bits per heavy atom. The number of phosphoric ester groups is 2. The van der Waals surface area contributed by atoms with Crippen LogP contribution >= 0.6 is 15.6 Å². The molecule has 0 amide bonds. The van der Waals surface area contributed by atoms with Crippen LogP contribution in [0.1, 0.15) is 446 Å². The smallest absolute Gasteiger partial charge is 0.462 e. The van der Waals surface area contributed by atoms with E-state index in [2.05, 4.69) is 41.5 Å². The zero-order chi connectivity index (χ0) is 75.6. The van der Waals surface area contributed by atoms with E-state index in [-0.39, 0.29) is 25.7 Å². The Hall–Kier alpha value is -1.94. The molecule has 3 N–H and O–H groups in total. The SMILES string of the molecule is CCCCCCCCCCCCCCCCCCCCCCC(=O)O[C@H](COC(=O)CCCCCCCCCCCCCCCCCC(C)C)COP(=O)(O)OC[C@@H](O)COP(=O)(O)OC[C@@H](COC(=O)CCCCCCCCCCC(C)CC)OC(=O)CCCCCCCCCCCCCCC. The van der Waals surface area contributed by atoms with Crippen LogP contribution in [0.25, 0.3) is 0 Å². The molecule has 3 unspecified atom stereocenters. The van der Waals surface area contributed by atoms with Gasteiger partial charge < -0.3 is 33.8 Å². The molecule has 103 heavy (non-hydrogen) atoms. The lowest BCUT2D eigenvalue weighted by atomic mass is 9.99. The third kappa shape index (κ3) is 76.6. The Labute approximate surface area is 632 Å². The number of carbonyl (C=O) groups excluding carboxylic acids is 4. The summed E-state index contributed by atoms with van der Waals surface area (Å²) in [4.78, 5) is 73.2. The number of aliphatic hydroxyl groups is 1. The van der Waals surface area contributed by atoms with Crippen LogP contribution in [-0.4, -0.2) is 96.7 Å². The van der Waals surface area contributed by atoms with Gasteiger partial charge >= 0.3 is 39.5 Å². The summed E-state index contributed by atoms with van der Waals surface area (Å²) in [6.45, 7) is 9.69. The fourth-order valence-electron chi connectivity index (χ4n) is 13.0. The third-order valence-electron chi connectivity index (χ3n) is 20.1. The molecule has 6 atom stereocenters. The van der Waals surface area contributed by atoms with Gasteiger partial charge in [-0.2, -0.15) is 0 Å². The highest BCUT2D eigenvalue weighted by Crippen LogP contribution is 2.45. The van der Waals surface area contributed by atoms with Crippen LogP contribution in [0.2, 0.25) is 0 Å². The zero-order valence-corrected chi connectivity index (χ0v) is 69.4. The highest BCUT2D eigenvalue weighted by Gasteiger charge is 2.30. The second-order valence-corrected chi connectivity index (χ2v) is 33.8. The van der Waals surface area contributed by atoms with Crippen molar-refractivity contribution >= 4 is 39.5 Å². The number of rotatable bonds is 83. The normalized spacial score (nSPS) is 14.1. The maximum absolute atomic E-state index is 13.1. The number of aliphatic hydroxyl groups excluding tert-OH is 1. The molecule has 0 radical (unpaired) electrons. The van der Waals surface area contributed by atoms with Crippen molar-refractivity contribution in [2.45, 2.75) is 464 Å². The highest BCUT2D eigenvalue weighted by atomic mass is 31.2. The van der Waals surface area contributed by atoms with Gasteiger partial charge in [0.2, 0.25) is 0 Å². The Balaban J connectivity index is 5.25. The predicted molar refractivity (Wildman–Crippen MR) is 423 cm³/mol. The van der Waals surface area contributed by atoms with E-state index in [1.807, 2.05) is 0 Å². The molecule has 0 aliphatic carbocycles. The summed E-state index contributed by atoms with van der Waals surface area (Å²) in [5.41, 5.74) is 0. The molecule has 0 rings (SSSR count). The standard InChI is InChI=1S/C84H164O17P2/c1-7-10-12-14-16-18-20-22-23-24-25-26-27-30-35-39-43-51-57-63-69-84(89)100-79(72-94-81(86)66-60-54-48-41-37-34-31-28-29-33-36-40-46-52-58-64-76(4)5)74-98-102(90,91)96-70-78(85)71-97-103(92,93)99-75-80(73-95-82(87)67-61-55-49-45-44-47-53-59-65-77(6)9-3)101-83(88)68-62-56-50-42-38-32-21-19-17-15-13-11-8-2/h76-80,85H,7-75H2,1-6H3,(H,90,91)(H,92,93)/t77?,78-,79-,80-/m1/s1. The first-order valence-electron chi connectivity index (χ1n) is 43.5. The first-order chi connectivity index (χ1) is 49.9. The minimum atomic E-state index is -4.96. The topological polar surface area (TPSA) is 237 Å². The Bertz CT molecular complexity index is 1980. The van der Waals surface area contributed by atoms with Gasteiger partial charge in [0, 0.05) is 25.7 Å². The van der Waals surface area contributed by atoms with Gasteiger partial charge in [-0.25, -0.2) is 9.13 Å². The molecule has 0 fully saturated rings. The van der Waals surface area contributed by atoms with Crippen molar-refractivity contribution < 1.29 is 80.2 Å². The van der Waals surface area contributed by atoms with Crippen LogP contribution in [0.15, 0.2) is 0 Å². The number of hydrogen-bond donors (Lipinski definition) is 3. The molecule has 0 heterocycles. The minimum absolute atomic E-state index is 0.107. The molecule has 612 valence electrons. The van der Waals surface area contributed by atoms with Crippen LogP contribution in [0.3, 0.4) is 0 Å². The van der Waals surface area contributed by atoms with E-state index in [0.29, 0.717) is 25.7 Å². The molecule has 0 aliphatic rings. The van der Waals surface area contributed by atoms with Crippen molar-refractivity contribution in [2.24, 2.45) is 11.8 Å². The number of ether oxygens (including phenoxy) is 4. The van der Waals surface area contributed by atoms with Gasteiger partial charge in [-0.05, 0) is 37.5 Å². The average Bonchev–Trinajstić information content (AvgIpc) is 0.912. The van der Waals surface area contributed by atoms with E-state index in [0.717, 1.165) is 102 Å². The van der Waals surface area contributed by atoms with Gasteiger partial charge in [-0.15, -0.1) is 0 Å². The third-order valence-corrected chi connectivity index (χ3v) is 22.0. The summed E-state index contributed by atoms with van der Waals surface area (Å²) in [5.74, 6) is -0.520. The molecule has 0 aromatic rings. The maximum Gasteiger partial charge on any atom is 0.472 e. The maximum atomic E-state index is 13.1. The molecule has 19 heteroatoms. The van der Waals surface area contributed by atoms with Gasteiger partial charge in [-0.3, -0.25) is 37.3 Å². The molecule has 0 saturated heterocycles. The molecule has 0 bridgehead atoms. The van der Waals surface area contributed by atoms with E-state index in [4.69, 9.17) is 37.0 Å². The highest BCUT2D eigenvalue weighted by molar-refractivity contribution is 7.47. The fraction of sp³-hybridized carbons (Fsp3) is 0.952. The quantitative estimate of drug-likeness (QED) is 0.0222. The first-order valence-corrected chi connectivity index (χ1v) is 46.5. The Kier molecular flexibility index (Phi) is 74.1. The van der Waals surface area contributed by atoms with E-state index < -0.39 is 97.5 Å². The lowest BCUT2D eigenvalue weighted by molar-refractivity contribution is -0.161. The van der Waals surface area contributed by atoms with Gasteiger partial charge in [0.05, 0.1) is 26.4 Å². The summed E-state index contributed by atoms with van der Waals surface area (Å²) >= 11 is 0. The number of phosphoric acid groups is 2. The second kappa shape index (κ2) is 75.5. The summed E-state index contributed by atoms with van der Waals surface area (Å²) < 4.78 is 68.8. The number of unbranched alkanes of at least 4 members (excludes halogenated alkanes) is 52. The van der Waals surface area contributed by atoms with Crippen LogP contribution in [0.4, 0.5) is 0 Å². The summed E-state index contributed by atoms with van der Waals surface area (Å²) in [6, 6.07) is 0. The molecule has 0 aromatic carbocycles. The van der Waals surface area contributed by atoms with Crippen LogP contribution in [0, 0.1) is 11.8 Å². The van der Waals surface area contributed by atoms with Gasteiger partial charge in [0.25, 0.3) is 0 Å². The van der Waals surface area contributed by atoms with Crippen LogP contribution in [-0.2, 0) is 65.4 Å². The zero-order valence-electron chi connectivity index (χ0n) is 67.6. The molecule has 17 nitrogen and oxygen atoms in total. The summed E-state index contributed by atoms with van der Waals surface area (Å²) in [5, 5.41) is 10.7. The van der Waals surface area contributed by atoms with E-state index in [1.165, 1.54) is 263 Å². The van der Waals surface area contributed by atoms with Crippen LogP contribution < -0.4 is 0 Å². The molecule has 0 saturated carbocycles. The van der Waals surface area contributed by atoms with Crippen molar-refractivity contribution in [1.29, 1.82) is 0 Å². The number of esters is 4. The molecule has 0 aromatic heterocycles. The fourth-order valence-corrected chi connectivity index (χ4v) is 14.6.